The summed E-state index contributed by atoms with van der Waals surface area (Å²) in [4.78, 5) is 10.8. The standard InChI is InChI=1S/C15H19N5O4/c1-11(2)4-5-24-15-7-13(20(21)22)12(6-14(15)23-3)8-18-19-9-16-17-10-19/h6-11H,4-5H2,1-3H3/b18-8+. The van der Waals surface area contributed by atoms with E-state index in [2.05, 4.69) is 29.1 Å². The van der Waals surface area contributed by atoms with Gasteiger partial charge in [0.15, 0.2) is 11.5 Å². The Bertz CT molecular complexity index is 713. The van der Waals surface area contributed by atoms with Gasteiger partial charge in [0.05, 0.1) is 36.5 Å². The lowest BCUT2D eigenvalue weighted by Gasteiger charge is -2.12. The maximum Gasteiger partial charge on any atom is 0.282 e. The number of ether oxygens (including phenoxy) is 2. The molecule has 0 unspecified atom stereocenters. The third kappa shape index (κ3) is 4.51. The molecule has 0 saturated carbocycles. The number of nitro benzene ring substituents is 1. The first-order valence-electron chi connectivity index (χ1n) is 7.39. The van der Waals surface area contributed by atoms with Gasteiger partial charge in [-0.2, -0.15) is 5.10 Å². The fraction of sp³-hybridized carbons (Fsp3) is 0.400. The molecule has 0 aliphatic rings. The molecule has 0 amide bonds. The van der Waals surface area contributed by atoms with Crippen LogP contribution in [0.15, 0.2) is 29.9 Å². The minimum Gasteiger partial charge on any atom is -0.493 e. The average Bonchev–Trinajstić information content (AvgIpc) is 3.05. The lowest BCUT2D eigenvalue weighted by Crippen LogP contribution is -2.04. The highest BCUT2D eigenvalue weighted by Crippen LogP contribution is 2.34. The van der Waals surface area contributed by atoms with Gasteiger partial charge in [0.25, 0.3) is 5.69 Å². The molecule has 128 valence electrons. The van der Waals surface area contributed by atoms with Crippen LogP contribution in [0.4, 0.5) is 5.69 Å². The molecule has 9 heteroatoms. The molecule has 24 heavy (non-hydrogen) atoms. The minimum atomic E-state index is -0.484. The number of methoxy groups -OCH3 is 1. The summed E-state index contributed by atoms with van der Waals surface area (Å²) in [6.45, 7) is 4.61. The SMILES string of the molecule is COc1cc(/C=N/n2cnnc2)c([N+](=O)[O-])cc1OCCC(C)C. The molecule has 0 atom stereocenters. The second kappa shape index (κ2) is 8.04. The molecule has 0 fully saturated rings. The van der Waals surface area contributed by atoms with Crippen molar-refractivity contribution in [3.05, 3.63) is 40.5 Å². The predicted octanol–water partition coefficient (Wildman–Crippen LogP) is 2.50. The molecule has 2 aromatic rings. The van der Waals surface area contributed by atoms with Gasteiger partial charge in [-0.05, 0) is 18.4 Å². The molecular weight excluding hydrogens is 314 g/mol. The molecule has 0 spiro atoms. The van der Waals surface area contributed by atoms with Crippen molar-refractivity contribution >= 4 is 11.9 Å². The topological polar surface area (TPSA) is 105 Å². The molecular formula is C15H19N5O4. The smallest absolute Gasteiger partial charge is 0.282 e. The van der Waals surface area contributed by atoms with Gasteiger partial charge in [-0.1, -0.05) is 13.8 Å². The van der Waals surface area contributed by atoms with E-state index in [9.17, 15) is 10.1 Å². The Balaban J connectivity index is 2.31. The lowest BCUT2D eigenvalue weighted by molar-refractivity contribution is -0.385. The van der Waals surface area contributed by atoms with E-state index in [-0.39, 0.29) is 5.69 Å². The molecule has 0 aliphatic carbocycles. The van der Waals surface area contributed by atoms with Gasteiger partial charge < -0.3 is 9.47 Å². The molecule has 0 N–H and O–H groups in total. The van der Waals surface area contributed by atoms with Crippen molar-refractivity contribution in [2.45, 2.75) is 20.3 Å². The Morgan fingerprint density at radius 2 is 2.04 bits per heavy atom. The summed E-state index contributed by atoms with van der Waals surface area (Å²) in [5.41, 5.74) is 0.175. The largest absolute Gasteiger partial charge is 0.493 e. The predicted molar refractivity (Wildman–Crippen MR) is 87.6 cm³/mol. The second-order valence-corrected chi connectivity index (χ2v) is 5.44. The molecule has 9 nitrogen and oxygen atoms in total. The lowest BCUT2D eigenvalue weighted by atomic mass is 10.1. The Labute approximate surface area is 139 Å². The highest BCUT2D eigenvalue weighted by Gasteiger charge is 2.19. The Morgan fingerprint density at radius 1 is 1.33 bits per heavy atom. The van der Waals surface area contributed by atoms with E-state index >= 15 is 0 Å². The van der Waals surface area contributed by atoms with Crippen LogP contribution in [-0.4, -0.2) is 39.7 Å². The van der Waals surface area contributed by atoms with Crippen LogP contribution in [0.3, 0.4) is 0 Å². The van der Waals surface area contributed by atoms with Gasteiger partial charge >= 0.3 is 0 Å². The van der Waals surface area contributed by atoms with Crippen LogP contribution in [0.5, 0.6) is 11.5 Å². The van der Waals surface area contributed by atoms with E-state index in [4.69, 9.17) is 9.47 Å². The van der Waals surface area contributed by atoms with Gasteiger partial charge in [0.2, 0.25) is 0 Å². The Kier molecular flexibility index (Phi) is 5.83. The van der Waals surface area contributed by atoms with E-state index < -0.39 is 4.92 Å². The summed E-state index contributed by atoms with van der Waals surface area (Å²) in [5.74, 6) is 1.22. The van der Waals surface area contributed by atoms with E-state index in [1.165, 1.54) is 42.8 Å². The zero-order valence-corrected chi connectivity index (χ0v) is 13.7. The molecule has 1 aromatic carbocycles. The summed E-state index contributed by atoms with van der Waals surface area (Å²) in [6, 6.07) is 2.88. The van der Waals surface area contributed by atoms with Gasteiger partial charge in [-0.3, -0.25) is 10.1 Å². The van der Waals surface area contributed by atoms with Gasteiger partial charge in [0, 0.05) is 0 Å². The Morgan fingerprint density at radius 3 is 2.62 bits per heavy atom. The van der Waals surface area contributed by atoms with E-state index in [0.717, 1.165) is 6.42 Å². The van der Waals surface area contributed by atoms with Crippen LogP contribution in [0.1, 0.15) is 25.8 Å². The van der Waals surface area contributed by atoms with Crippen LogP contribution >= 0.6 is 0 Å². The van der Waals surface area contributed by atoms with Crippen molar-refractivity contribution in [1.29, 1.82) is 0 Å². The van der Waals surface area contributed by atoms with E-state index in [1.807, 2.05) is 0 Å². The quantitative estimate of drug-likeness (QED) is 0.417. The van der Waals surface area contributed by atoms with Crippen LogP contribution in [-0.2, 0) is 0 Å². The van der Waals surface area contributed by atoms with Crippen molar-refractivity contribution in [2.24, 2.45) is 11.0 Å². The van der Waals surface area contributed by atoms with Gasteiger partial charge in [-0.25, -0.2) is 4.68 Å². The molecule has 2 rings (SSSR count). The highest BCUT2D eigenvalue weighted by molar-refractivity contribution is 5.86. The molecule has 0 aliphatic heterocycles. The number of rotatable bonds is 8. The van der Waals surface area contributed by atoms with Crippen molar-refractivity contribution < 1.29 is 14.4 Å². The first-order valence-corrected chi connectivity index (χ1v) is 7.39. The first-order chi connectivity index (χ1) is 11.5. The maximum atomic E-state index is 11.3. The monoisotopic (exact) mass is 333 g/mol. The number of aromatic nitrogens is 3. The molecule has 0 saturated heterocycles. The fourth-order valence-corrected chi connectivity index (χ4v) is 1.89. The number of hydrogen-bond donors (Lipinski definition) is 0. The summed E-state index contributed by atoms with van der Waals surface area (Å²) in [7, 11) is 1.48. The van der Waals surface area contributed by atoms with Crippen LogP contribution in [0, 0.1) is 16.0 Å². The van der Waals surface area contributed by atoms with Crippen LogP contribution in [0.2, 0.25) is 0 Å². The number of nitrogens with zero attached hydrogens (tertiary/aromatic N) is 5. The third-order valence-electron chi connectivity index (χ3n) is 3.20. The maximum absolute atomic E-state index is 11.3. The normalized spacial score (nSPS) is 11.2. The summed E-state index contributed by atoms with van der Waals surface area (Å²) in [5, 5.41) is 22.6. The first kappa shape index (κ1) is 17.4. The van der Waals surface area contributed by atoms with E-state index in [0.29, 0.717) is 29.6 Å². The molecule has 0 radical (unpaired) electrons. The second-order valence-electron chi connectivity index (χ2n) is 5.44. The van der Waals surface area contributed by atoms with Crippen LogP contribution < -0.4 is 9.47 Å². The fourth-order valence-electron chi connectivity index (χ4n) is 1.89. The van der Waals surface area contributed by atoms with Crippen molar-refractivity contribution in [1.82, 2.24) is 14.9 Å². The summed E-state index contributed by atoms with van der Waals surface area (Å²) in [6.07, 6.45) is 4.95. The van der Waals surface area contributed by atoms with Crippen molar-refractivity contribution in [3.8, 4) is 11.5 Å². The van der Waals surface area contributed by atoms with Gasteiger partial charge in [0.1, 0.15) is 12.7 Å². The molecule has 1 aromatic heterocycles. The summed E-state index contributed by atoms with van der Waals surface area (Å²) < 4.78 is 12.2. The zero-order chi connectivity index (χ0) is 17.5. The van der Waals surface area contributed by atoms with Crippen molar-refractivity contribution in [3.63, 3.8) is 0 Å². The Hall–Kier alpha value is -2.97. The zero-order valence-electron chi connectivity index (χ0n) is 13.7. The molecule has 0 bridgehead atoms. The van der Waals surface area contributed by atoms with Crippen molar-refractivity contribution in [2.75, 3.05) is 13.7 Å². The number of benzene rings is 1. The number of nitro groups is 1. The number of hydrogen-bond acceptors (Lipinski definition) is 7. The molecule has 1 heterocycles. The average molecular weight is 333 g/mol. The van der Waals surface area contributed by atoms with Crippen LogP contribution in [0.25, 0.3) is 0 Å². The summed E-state index contributed by atoms with van der Waals surface area (Å²) >= 11 is 0. The third-order valence-corrected chi connectivity index (χ3v) is 3.20. The highest BCUT2D eigenvalue weighted by atomic mass is 16.6. The van der Waals surface area contributed by atoms with Gasteiger partial charge in [-0.15, -0.1) is 10.2 Å². The minimum absolute atomic E-state index is 0.118. The van der Waals surface area contributed by atoms with E-state index in [1.54, 1.807) is 0 Å².